The molecule has 0 fully saturated rings. The summed E-state index contributed by atoms with van der Waals surface area (Å²) in [6, 6.07) is 12.1. The van der Waals surface area contributed by atoms with Crippen LogP contribution in [-0.2, 0) is 4.74 Å². The van der Waals surface area contributed by atoms with Gasteiger partial charge in [-0.2, -0.15) is 0 Å². The summed E-state index contributed by atoms with van der Waals surface area (Å²) in [7, 11) is 0. The van der Waals surface area contributed by atoms with Gasteiger partial charge in [0, 0.05) is 0 Å². The number of carbonyl (C=O) groups excluding carboxylic acids is 1. The van der Waals surface area contributed by atoms with Crippen LogP contribution in [0.5, 0.6) is 5.75 Å². The number of rotatable bonds is 5. The zero-order valence-electron chi connectivity index (χ0n) is 11.0. The van der Waals surface area contributed by atoms with E-state index in [4.69, 9.17) is 38.4 Å². The van der Waals surface area contributed by atoms with Crippen molar-refractivity contribution in [2.45, 2.75) is 0 Å². The van der Waals surface area contributed by atoms with E-state index < -0.39 is 5.97 Å². The number of carbonyl (C=O) groups is 1. The highest BCUT2D eigenvalue weighted by Gasteiger charge is 2.12. The second kappa shape index (κ2) is 7.20. The van der Waals surface area contributed by atoms with Gasteiger partial charge in [-0.25, -0.2) is 4.79 Å². The Bertz CT molecular complexity index is 609. The maximum atomic E-state index is 11.8. The molecule has 0 heterocycles. The molecule has 21 heavy (non-hydrogen) atoms. The smallest absolute Gasteiger partial charge is 0.338 e. The first kappa shape index (κ1) is 15.5. The number of halogens is 2. The Hall–Kier alpha value is -1.91. The number of hydrogen-bond donors (Lipinski definition) is 1. The fourth-order valence-corrected chi connectivity index (χ4v) is 2.08. The molecule has 0 spiro atoms. The van der Waals surface area contributed by atoms with E-state index in [0.717, 1.165) is 0 Å². The predicted octanol–water partition coefficient (Wildman–Crippen LogP) is 3.81. The summed E-state index contributed by atoms with van der Waals surface area (Å²) in [5, 5.41) is 0.435. The van der Waals surface area contributed by atoms with Gasteiger partial charge in [0.2, 0.25) is 0 Å². The van der Waals surface area contributed by atoms with Crippen molar-refractivity contribution >= 4 is 34.9 Å². The third kappa shape index (κ3) is 4.28. The standard InChI is InChI=1S/C15H13Cl2NO3/c16-12-8-10(9-13(17)14(12)18)15(19)21-7-6-20-11-4-2-1-3-5-11/h1-5,8-9H,6-7,18H2. The molecule has 2 N–H and O–H groups in total. The van der Waals surface area contributed by atoms with E-state index in [-0.39, 0.29) is 34.5 Å². The molecule has 0 aliphatic rings. The number of nitrogen functional groups attached to an aromatic ring is 1. The number of para-hydroxylation sites is 1. The van der Waals surface area contributed by atoms with Crippen LogP contribution in [-0.4, -0.2) is 19.2 Å². The fourth-order valence-electron chi connectivity index (χ4n) is 1.60. The summed E-state index contributed by atoms with van der Waals surface area (Å²) >= 11 is 11.7. The number of esters is 1. The van der Waals surface area contributed by atoms with Crippen molar-refractivity contribution in [1.29, 1.82) is 0 Å². The van der Waals surface area contributed by atoms with Crippen molar-refractivity contribution in [3.8, 4) is 5.75 Å². The van der Waals surface area contributed by atoms with E-state index in [0.29, 0.717) is 5.75 Å². The first-order chi connectivity index (χ1) is 10.1. The van der Waals surface area contributed by atoms with Gasteiger partial charge in [0.05, 0.1) is 21.3 Å². The second-order valence-corrected chi connectivity index (χ2v) is 4.97. The molecule has 0 saturated carbocycles. The highest BCUT2D eigenvalue weighted by molar-refractivity contribution is 6.39. The number of benzene rings is 2. The van der Waals surface area contributed by atoms with Gasteiger partial charge in [0.15, 0.2) is 0 Å². The molecule has 0 atom stereocenters. The minimum atomic E-state index is -0.532. The Balaban J connectivity index is 1.85. The molecule has 0 aliphatic carbocycles. The molecule has 0 amide bonds. The van der Waals surface area contributed by atoms with Gasteiger partial charge in [-0.3, -0.25) is 0 Å². The van der Waals surface area contributed by atoms with Crippen LogP contribution in [0.2, 0.25) is 10.0 Å². The summed E-state index contributed by atoms with van der Waals surface area (Å²) in [4.78, 5) is 11.8. The number of hydrogen-bond acceptors (Lipinski definition) is 4. The molecule has 2 rings (SSSR count). The van der Waals surface area contributed by atoms with Crippen LogP contribution < -0.4 is 10.5 Å². The third-order valence-electron chi connectivity index (χ3n) is 2.64. The number of ether oxygens (including phenoxy) is 2. The van der Waals surface area contributed by atoms with Gasteiger partial charge >= 0.3 is 5.97 Å². The van der Waals surface area contributed by atoms with Crippen LogP contribution >= 0.6 is 23.2 Å². The lowest BCUT2D eigenvalue weighted by Crippen LogP contribution is -2.12. The minimum absolute atomic E-state index is 0.118. The van der Waals surface area contributed by atoms with Gasteiger partial charge in [-0.1, -0.05) is 41.4 Å². The molecule has 4 nitrogen and oxygen atoms in total. The molecule has 0 radical (unpaired) electrons. The zero-order chi connectivity index (χ0) is 15.2. The minimum Gasteiger partial charge on any atom is -0.490 e. The van der Waals surface area contributed by atoms with E-state index in [2.05, 4.69) is 0 Å². The molecule has 2 aromatic rings. The topological polar surface area (TPSA) is 61.6 Å². The molecule has 0 aromatic heterocycles. The van der Waals surface area contributed by atoms with Crippen molar-refractivity contribution in [3.05, 3.63) is 58.1 Å². The Kier molecular flexibility index (Phi) is 5.31. The Morgan fingerprint density at radius 2 is 1.67 bits per heavy atom. The van der Waals surface area contributed by atoms with Gasteiger partial charge in [0.1, 0.15) is 19.0 Å². The van der Waals surface area contributed by atoms with Crippen molar-refractivity contribution in [1.82, 2.24) is 0 Å². The summed E-state index contributed by atoms with van der Waals surface area (Å²) < 4.78 is 10.5. The largest absolute Gasteiger partial charge is 0.490 e. The average Bonchev–Trinajstić information content (AvgIpc) is 2.49. The monoisotopic (exact) mass is 325 g/mol. The molecular weight excluding hydrogens is 313 g/mol. The van der Waals surface area contributed by atoms with Gasteiger partial charge < -0.3 is 15.2 Å². The van der Waals surface area contributed by atoms with Crippen molar-refractivity contribution in [2.75, 3.05) is 18.9 Å². The molecule has 2 aromatic carbocycles. The predicted molar refractivity (Wildman–Crippen MR) is 83.1 cm³/mol. The van der Waals surface area contributed by atoms with Gasteiger partial charge in [0.25, 0.3) is 0 Å². The van der Waals surface area contributed by atoms with Crippen molar-refractivity contribution in [2.24, 2.45) is 0 Å². The number of anilines is 1. The SMILES string of the molecule is Nc1c(Cl)cc(C(=O)OCCOc2ccccc2)cc1Cl. The van der Waals surface area contributed by atoms with Crippen LogP contribution in [0, 0.1) is 0 Å². The highest BCUT2D eigenvalue weighted by atomic mass is 35.5. The maximum Gasteiger partial charge on any atom is 0.338 e. The van der Waals surface area contributed by atoms with E-state index >= 15 is 0 Å². The molecule has 0 aliphatic heterocycles. The summed E-state index contributed by atoms with van der Waals surface area (Å²) in [5.41, 5.74) is 6.09. The van der Waals surface area contributed by atoms with Crippen LogP contribution in [0.3, 0.4) is 0 Å². The Morgan fingerprint density at radius 3 is 2.29 bits per heavy atom. The molecular formula is C15H13Cl2NO3. The van der Waals surface area contributed by atoms with E-state index in [1.54, 1.807) is 0 Å². The summed E-state index contributed by atoms with van der Waals surface area (Å²) in [6.45, 7) is 0.375. The van der Waals surface area contributed by atoms with Crippen LogP contribution in [0.25, 0.3) is 0 Å². The van der Waals surface area contributed by atoms with Crippen LogP contribution in [0.15, 0.2) is 42.5 Å². The highest BCUT2D eigenvalue weighted by Crippen LogP contribution is 2.29. The lowest BCUT2D eigenvalue weighted by atomic mass is 10.2. The first-order valence-corrected chi connectivity index (χ1v) is 6.93. The van der Waals surface area contributed by atoms with Crippen molar-refractivity contribution < 1.29 is 14.3 Å². The maximum absolute atomic E-state index is 11.8. The zero-order valence-corrected chi connectivity index (χ0v) is 12.5. The van der Waals surface area contributed by atoms with E-state index in [1.165, 1.54) is 12.1 Å². The second-order valence-electron chi connectivity index (χ2n) is 4.15. The van der Waals surface area contributed by atoms with Crippen LogP contribution in [0.4, 0.5) is 5.69 Å². The molecule has 0 saturated heterocycles. The average molecular weight is 326 g/mol. The van der Waals surface area contributed by atoms with Crippen molar-refractivity contribution in [3.63, 3.8) is 0 Å². The first-order valence-electron chi connectivity index (χ1n) is 6.17. The molecule has 0 unspecified atom stereocenters. The van der Waals surface area contributed by atoms with Gasteiger partial charge in [-0.15, -0.1) is 0 Å². The molecule has 110 valence electrons. The van der Waals surface area contributed by atoms with Gasteiger partial charge in [-0.05, 0) is 24.3 Å². The lowest BCUT2D eigenvalue weighted by Gasteiger charge is -2.08. The quantitative estimate of drug-likeness (QED) is 0.516. The Labute approximate surface area is 132 Å². The summed E-state index contributed by atoms with van der Waals surface area (Å²) in [6.07, 6.45) is 0. The van der Waals surface area contributed by atoms with E-state index in [1.807, 2.05) is 30.3 Å². The third-order valence-corrected chi connectivity index (χ3v) is 3.27. The normalized spacial score (nSPS) is 10.2. The molecule has 0 bridgehead atoms. The summed E-state index contributed by atoms with van der Waals surface area (Å²) in [5.74, 6) is 0.183. The van der Waals surface area contributed by atoms with E-state index in [9.17, 15) is 4.79 Å². The molecule has 6 heteroatoms. The lowest BCUT2D eigenvalue weighted by molar-refractivity contribution is 0.0450. The van der Waals surface area contributed by atoms with Crippen LogP contribution in [0.1, 0.15) is 10.4 Å². The fraction of sp³-hybridized carbons (Fsp3) is 0.133. The number of nitrogens with two attached hydrogens (primary N) is 1. The Morgan fingerprint density at radius 1 is 1.05 bits per heavy atom.